The zero-order chi connectivity index (χ0) is 16.8. The number of rotatable bonds is 3. The van der Waals surface area contributed by atoms with Crippen molar-refractivity contribution in [2.24, 2.45) is 11.8 Å². The second-order valence-corrected chi connectivity index (χ2v) is 9.07. The van der Waals surface area contributed by atoms with Gasteiger partial charge in [0.25, 0.3) is 0 Å². The minimum atomic E-state index is 0.123. The Hall–Kier alpha value is -1.26. The Kier molecular flexibility index (Phi) is 2.92. The van der Waals surface area contributed by atoms with Gasteiger partial charge in [-0.05, 0) is 75.6 Å². The Labute approximate surface area is 149 Å². The van der Waals surface area contributed by atoms with Gasteiger partial charge in [-0.1, -0.05) is 6.07 Å². The fourth-order valence-corrected chi connectivity index (χ4v) is 6.78. The highest BCUT2D eigenvalue weighted by Gasteiger charge is 2.65. The van der Waals surface area contributed by atoms with E-state index in [-0.39, 0.29) is 11.5 Å². The fourth-order valence-electron chi connectivity index (χ4n) is 6.78. The van der Waals surface area contributed by atoms with Gasteiger partial charge in [-0.15, -0.1) is 0 Å². The normalized spacial score (nSPS) is 41.3. The van der Waals surface area contributed by atoms with Crippen molar-refractivity contribution in [2.45, 2.75) is 62.1 Å². The molecule has 134 valence electrons. The predicted octanol–water partition coefficient (Wildman–Crippen LogP) is 2.43. The van der Waals surface area contributed by atoms with E-state index in [0.717, 1.165) is 18.1 Å². The van der Waals surface area contributed by atoms with E-state index in [0.29, 0.717) is 23.8 Å². The first kappa shape index (κ1) is 14.9. The maximum Gasteiger partial charge on any atom is 0.165 e. The number of phenols is 1. The molecule has 6 rings (SSSR count). The summed E-state index contributed by atoms with van der Waals surface area (Å²) >= 11 is 0. The number of hydrogen-bond acceptors (Lipinski definition) is 4. The van der Waals surface area contributed by atoms with E-state index in [4.69, 9.17) is 4.74 Å². The largest absolute Gasteiger partial charge is 0.504 e. The monoisotopic (exact) mass is 340 g/mol. The summed E-state index contributed by atoms with van der Waals surface area (Å²) in [7, 11) is 2.07. The standard InChI is InChI=1S/C21H28N2O2/c1-22-15-6-5-14-16-10-13-4-7-17(24)19-18(13)21(14,20(15)25-19)8-9-23(16)11-12-2-3-12/h4,7,12,14-16,20,22,24H,2-3,5-6,8-11H2,1H3/t14-,15-,16+,20-,21-/m0/s1. The minimum Gasteiger partial charge on any atom is -0.504 e. The molecule has 5 atom stereocenters. The first-order valence-electron chi connectivity index (χ1n) is 10.2. The quantitative estimate of drug-likeness (QED) is 0.887. The highest BCUT2D eigenvalue weighted by molar-refractivity contribution is 5.60. The Bertz CT molecular complexity index is 731. The summed E-state index contributed by atoms with van der Waals surface area (Å²) in [6.07, 6.45) is 7.85. The van der Waals surface area contributed by atoms with Crippen molar-refractivity contribution in [3.63, 3.8) is 0 Å². The van der Waals surface area contributed by atoms with Crippen molar-refractivity contribution in [3.05, 3.63) is 23.3 Å². The lowest BCUT2D eigenvalue weighted by molar-refractivity contribution is -0.0650. The van der Waals surface area contributed by atoms with Gasteiger partial charge in [0.2, 0.25) is 0 Å². The number of likely N-dealkylation sites (N-methyl/N-ethyl adjacent to an activating group) is 1. The van der Waals surface area contributed by atoms with E-state index >= 15 is 0 Å². The lowest BCUT2D eigenvalue weighted by Crippen LogP contribution is -2.68. The molecule has 4 heteroatoms. The molecule has 0 unspecified atom stereocenters. The topological polar surface area (TPSA) is 44.7 Å². The number of hydrogen-bond donors (Lipinski definition) is 2. The van der Waals surface area contributed by atoms with Crippen LogP contribution < -0.4 is 10.1 Å². The molecular weight excluding hydrogens is 312 g/mol. The highest BCUT2D eigenvalue weighted by Crippen LogP contribution is 2.63. The van der Waals surface area contributed by atoms with Crippen LogP contribution in [0.15, 0.2) is 12.1 Å². The molecule has 3 fully saturated rings. The average molecular weight is 340 g/mol. The van der Waals surface area contributed by atoms with Crippen LogP contribution in [-0.2, 0) is 11.8 Å². The molecule has 1 spiro atoms. The zero-order valence-corrected chi connectivity index (χ0v) is 15.0. The van der Waals surface area contributed by atoms with Crippen LogP contribution in [0.1, 0.15) is 43.2 Å². The van der Waals surface area contributed by atoms with E-state index in [2.05, 4.69) is 23.3 Å². The highest BCUT2D eigenvalue weighted by atomic mass is 16.5. The van der Waals surface area contributed by atoms with Crippen molar-refractivity contribution in [1.29, 1.82) is 0 Å². The molecule has 0 aromatic heterocycles. The molecule has 1 aromatic carbocycles. The molecule has 1 aromatic rings. The third-order valence-electron chi connectivity index (χ3n) is 7.99. The van der Waals surface area contributed by atoms with Gasteiger partial charge in [-0.25, -0.2) is 0 Å². The number of benzene rings is 1. The smallest absolute Gasteiger partial charge is 0.165 e. The molecule has 4 nitrogen and oxygen atoms in total. The third kappa shape index (κ3) is 1.80. The van der Waals surface area contributed by atoms with Crippen LogP contribution in [0.4, 0.5) is 0 Å². The van der Waals surface area contributed by atoms with Gasteiger partial charge in [-0.3, -0.25) is 4.90 Å². The van der Waals surface area contributed by atoms with Crippen molar-refractivity contribution < 1.29 is 9.84 Å². The lowest BCUT2D eigenvalue weighted by Gasteiger charge is -2.59. The average Bonchev–Trinajstić information content (AvgIpc) is 3.37. The van der Waals surface area contributed by atoms with Gasteiger partial charge < -0.3 is 15.2 Å². The van der Waals surface area contributed by atoms with Crippen molar-refractivity contribution in [2.75, 3.05) is 20.1 Å². The fraction of sp³-hybridized carbons (Fsp3) is 0.714. The van der Waals surface area contributed by atoms with Crippen LogP contribution in [0.2, 0.25) is 0 Å². The van der Waals surface area contributed by atoms with E-state index in [1.165, 1.54) is 56.3 Å². The summed E-state index contributed by atoms with van der Waals surface area (Å²) in [4.78, 5) is 2.82. The SMILES string of the molecule is CN[C@H]1CC[C@H]2[C@H]3Cc4ccc(O)c5c4[C@@]2(CCN3CC2CC2)[C@H]1O5. The number of nitrogens with zero attached hydrogens (tertiary/aromatic N) is 1. The molecule has 2 saturated carbocycles. The van der Waals surface area contributed by atoms with Crippen molar-refractivity contribution >= 4 is 0 Å². The molecule has 2 N–H and O–H groups in total. The second-order valence-electron chi connectivity index (χ2n) is 9.07. The van der Waals surface area contributed by atoms with E-state index in [9.17, 15) is 5.11 Å². The van der Waals surface area contributed by atoms with Crippen LogP contribution in [0, 0.1) is 11.8 Å². The van der Waals surface area contributed by atoms with Gasteiger partial charge >= 0.3 is 0 Å². The number of ether oxygens (including phenoxy) is 1. The number of likely N-dealkylation sites (tertiary alicyclic amines) is 1. The number of nitrogens with one attached hydrogen (secondary N) is 1. The number of phenolic OH excluding ortho intramolecular Hbond substituents is 1. The third-order valence-corrected chi connectivity index (χ3v) is 7.99. The molecule has 2 heterocycles. The molecule has 0 amide bonds. The second kappa shape index (κ2) is 4.92. The first-order valence-corrected chi connectivity index (χ1v) is 10.2. The summed E-state index contributed by atoms with van der Waals surface area (Å²) in [5.74, 6) is 2.79. The number of piperidine rings is 1. The van der Waals surface area contributed by atoms with E-state index < -0.39 is 0 Å². The molecular formula is C21H28N2O2. The lowest BCUT2D eigenvalue weighted by atomic mass is 9.51. The summed E-state index contributed by atoms with van der Waals surface area (Å²) in [6.45, 7) is 2.50. The molecule has 5 aliphatic rings. The number of aromatic hydroxyl groups is 1. The summed E-state index contributed by atoms with van der Waals surface area (Å²) in [6, 6.07) is 5.10. The van der Waals surface area contributed by atoms with Crippen LogP contribution in [0.3, 0.4) is 0 Å². The molecule has 2 aliphatic heterocycles. The summed E-state index contributed by atoms with van der Waals surface area (Å²) < 4.78 is 6.51. The van der Waals surface area contributed by atoms with Crippen LogP contribution in [0.25, 0.3) is 0 Å². The maximum absolute atomic E-state index is 10.5. The van der Waals surface area contributed by atoms with Crippen molar-refractivity contribution in [3.8, 4) is 11.5 Å². The predicted molar refractivity (Wildman–Crippen MR) is 96.2 cm³/mol. The molecule has 1 saturated heterocycles. The summed E-state index contributed by atoms with van der Waals surface area (Å²) in [5.41, 5.74) is 2.94. The van der Waals surface area contributed by atoms with Gasteiger partial charge in [0.05, 0.1) is 0 Å². The van der Waals surface area contributed by atoms with Crippen LogP contribution in [-0.4, -0.2) is 48.3 Å². The molecule has 25 heavy (non-hydrogen) atoms. The Morgan fingerprint density at radius 1 is 1.28 bits per heavy atom. The van der Waals surface area contributed by atoms with E-state index in [1.54, 1.807) is 0 Å². The maximum atomic E-state index is 10.5. The zero-order valence-electron chi connectivity index (χ0n) is 15.0. The van der Waals surface area contributed by atoms with Gasteiger partial charge in [-0.2, -0.15) is 0 Å². The Morgan fingerprint density at radius 3 is 2.96 bits per heavy atom. The van der Waals surface area contributed by atoms with Crippen LogP contribution in [0.5, 0.6) is 11.5 Å². The Balaban J connectivity index is 1.51. The molecule has 0 radical (unpaired) electrons. The van der Waals surface area contributed by atoms with Crippen LogP contribution >= 0.6 is 0 Å². The molecule has 2 bridgehead atoms. The van der Waals surface area contributed by atoms with Gasteiger partial charge in [0, 0.05) is 29.6 Å². The first-order chi connectivity index (χ1) is 12.2. The van der Waals surface area contributed by atoms with Crippen molar-refractivity contribution in [1.82, 2.24) is 10.2 Å². The van der Waals surface area contributed by atoms with Gasteiger partial charge in [0.15, 0.2) is 11.5 Å². The Morgan fingerprint density at radius 2 is 2.16 bits per heavy atom. The summed E-state index contributed by atoms with van der Waals surface area (Å²) in [5, 5.41) is 14.0. The molecule has 3 aliphatic carbocycles. The van der Waals surface area contributed by atoms with E-state index in [1.807, 2.05) is 6.07 Å². The minimum absolute atomic E-state index is 0.123. The van der Waals surface area contributed by atoms with Gasteiger partial charge in [0.1, 0.15) is 6.10 Å².